The van der Waals surface area contributed by atoms with Crippen LogP contribution in [0.25, 0.3) is 0 Å². The van der Waals surface area contributed by atoms with Gasteiger partial charge in [-0.05, 0) is 60.9 Å². The summed E-state index contributed by atoms with van der Waals surface area (Å²) in [6.07, 6.45) is 0.747. The van der Waals surface area contributed by atoms with Gasteiger partial charge in [0.2, 0.25) is 0 Å². The number of rotatable bonds is 11. The highest BCUT2D eigenvalue weighted by Gasteiger charge is 2.84. The van der Waals surface area contributed by atoms with E-state index < -0.39 is 29.4 Å². The fraction of sp³-hybridized carbons (Fsp3) is 0.0769. The van der Waals surface area contributed by atoms with Crippen molar-refractivity contribution in [3.63, 3.8) is 0 Å². The lowest BCUT2D eigenvalue weighted by Crippen LogP contribution is -2.83. The molecule has 1 fully saturated rings. The zero-order valence-electron chi connectivity index (χ0n) is 37.1. The first-order valence-corrected chi connectivity index (χ1v) is 25.3. The first kappa shape index (κ1) is 41.1. The SMILES string of the molecule is c1ccc(C2(c3ccccc3)CC(c3ccccc3)([Si](c3ccccc3)(c3ccccc3)c3ccccc3)C(c3ccccc3)(c3ccccc3)C2(c2ccccc2)c2ccccc2)cc1. The van der Waals surface area contributed by atoms with Gasteiger partial charge in [0.15, 0.2) is 8.07 Å². The summed E-state index contributed by atoms with van der Waals surface area (Å²) in [7, 11) is -3.59. The Labute approximate surface area is 391 Å². The van der Waals surface area contributed by atoms with E-state index in [4.69, 9.17) is 0 Å². The standard InChI is InChI=1S/C65H52Si/c1-11-31-52(32-12-1)62(53-33-13-2-14-34-53)51-63(54-35-15-3-16-36-54,66(59-45-25-8-26-46-59,60-47-27-9-28-48-60)61-49-29-10-30-50-61)65(57-41-21-6-22-42-57,58-43-23-7-24-44-58)64(62,55-37-17-4-18-38-55)56-39-19-5-20-40-56/h1-50H,51H2. The van der Waals surface area contributed by atoms with Crippen LogP contribution in [0.5, 0.6) is 0 Å². The molecule has 1 saturated carbocycles. The topological polar surface area (TPSA) is 0 Å². The van der Waals surface area contributed by atoms with E-state index in [9.17, 15) is 0 Å². The molecule has 1 unspecified atom stereocenters. The van der Waals surface area contributed by atoms with Crippen LogP contribution in [-0.4, -0.2) is 8.07 Å². The maximum absolute atomic E-state index is 3.59. The first-order valence-electron chi connectivity index (χ1n) is 23.3. The van der Waals surface area contributed by atoms with Crippen LogP contribution in [0.3, 0.4) is 0 Å². The van der Waals surface area contributed by atoms with E-state index in [1.807, 2.05) is 0 Å². The summed E-state index contributed by atoms with van der Waals surface area (Å²) in [5, 5.41) is 3.36. The molecule has 316 valence electrons. The lowest BCUT2D eigenvalue weighted by molar-refractivity contribution is 0.257. The molecule has 10 aromatic rings. The van der Waals surface area contributed by atoms with E-state index in [-0.39, 0.29) is 0 Å². The third-order valence-electron chi connectivity index (χ3n) is 15.3. The molecular weight excluding hydrogens is 809 g/mol. The van der Waals surface area contributed by atoms with Crippen molar-refractivity contribution in [2.24, 2.45) is 0 Å². The van der Waals surface area contributed by atoms with Gasteiger partial charge >= 0.3 is 0 Å². The molecule has 0 radical (unpaired) electrons. The Balaban J connectivity index is 1.58. The van der Waals surface area contributed by atoms with Gasteiger partial charge in [0, 0.05) is 21.3 Å². The molecule has 1 atom stereocenters. The van der Waals surface area contributed by atoms with Crippen molar-refractivity contribution in [1.82, 2.24) is 0 Å². The molecule has 10 aromatic carbocycles. The molecule has 1 heteroatoms. The summed E-state index contributed by atoms with van der Waals surface area (Å²) >= 11 is 0. The third kappa shape index (κ3) is 5.70. The normalized spacial score (nSPS) is 17.2. The van der Waals surface area contributed by atoms with Crippen molar-refractivity contribution < 1.29 is 0 Å². The van der Waals surface area contributed by atoms with Gasteiger partial charge in [0.1, 0.15) is 0 Å². The Hall–Kier alpha value is -7.58. The average Bonchev–Trinajstić information content (AvgIpc) is 3.69. The molecule has 1 aliphatic rings. The van der Waals surface area contributed by atoms with E-state index in [0.717, 1.165) is 6.42 Å². The van der Waals surface area contributed by atoms with Gasteiger partial charge in [-0.15, -0.1) is 0 Å². The maximum Gasteiger partial charge on any atom is 0.159 e. The van der Waals surface area contributed by atoms with Gasteiger partial charge in [-0.1, -0.05) is 303 Å². The predicted molar refractivity (Wildman–Crippen MR) is 278 cm³/mol. The van der Waals surface area contributed by atoms with E-state index in [1.165, 1.54) is 54.5 Å². The van der Waals surface area contributed by atoms with Crippen LogP contribution in [0.1, 0.15) is 45.4 Å². The van der Waals surface area contributed by atoms with Crippen LogP contribution in [0.2, 0.25) is 0 Å². The molecular formula is C65H52Si. The Morgan fingerprint density at radius 3 is 0.697 bits per heavy atom. The fourth-order valence-corrected chi connectivity index (χ4v) is 20.2. The molecule has 0 heterocycles. The minimum absolute atomic E-state index is 0.740. The van der Waals surface area contributed by atoms with Gasteiger partial charge in [-0.2, -0.15) is 0 Å². The Bertz CT molecular complexity index is 2890. The van der Waals surface area contributed by atoms with Crippen LogP contribution < -0.4 is 15.6 Å². The lowest BCUT2D eigenvalue weighted by Gasteiger charge is -2.63. The van der Waals surface area contributed by atoms with Gasteiger partial charge < -0.3 is 0 Å². The van der Waals surface area contributed by atoms with Crippen molar-refractivity contribution in [3.8, 4) is 0 Å². The lowest BCUT2D eigenvalue weighted by atomic mass is 9.43. The Kier molecular flexibility index (Phi) is 10.7. The summed E-state index contributed by atoms with van der Waals surface area (Å²) in [4.78, 5) is 0. The Morgan fingerprint density at radius 1 is 0.212 bits per heavy atom. The summed E-state index contributed by atoms with van der Waals surface area (Å²) in [5.41, 5.74) is 6.51. The molecule has 0 aliphatic heterocycles. The number of hydrogen-bond donors (Lipinski definition) is 0. The van der Waals surface area contributed by atoms with Gasteiger partial charge in [-0.25, -0.2) is 0 Å². The fourth-order valence-electron chi connectivity index (χ4n) is 13.5. The second-order valence-corrected chi connectivity index (χ2v) is 22.0. The average molecular weight is 861 g/mol. The van der Waals surface area contributed by atoms with Crippen molar-refractivity contribution in [1.29, 1.82) is 0 Å². The smallest absolute Gasteiger partial charge is 0.0624 e. The van der Waals surface area contributed by atoms with E-state index in [2.05, 4.69) is 303 Å². The highest BCUT2D eigenvalue weighted by atomic mass is 28.3. The second-order valence-electron chi connectivity index (χ2n) is 17.9. The molecule has 0 nitrogen and oxygen atoms in total. The van der Waals surface area contributed by atoms with Crippen molar-refractivity contribution in [2.45, 2.75) is 27.7 Å². The van der Waals surface area contributed by atoms with Crippen molar-refractivity contribution in [3.05, 3.63) is 342 Å². The summed E-state index contributed by atoms with van der Waals surface area (Å²) in [6.45, 7) is 0. The molecule has 0 amide bonds. The Morgan fingerprint density at radius 2 is 0.424 bits per heavy atom. The van der Waals surface area contributed by atoms with Crippen LogP contribution in [0.15, 0.2) is 303 Å². The van der Waals surface area contributed by atoms with E-state index >= 15 is 0 Å². The summed E-state index contributed by atoms with van der Waals surface area (Å²) in [5.74, 6) is 0. The largest absolute Gasteiger partial charge is 0.159 e. The maximum atomic E-state index is 2.49. The molecule has 0 saturated heterocycles. The minimum atomic E-state index is -3.59. The second kappa shape index (κ2) is 17.1. The monoisotopic (exact) mass is 860 g/mol. The molecule has 66 heavy (non-hydrogen) atoms. The van der Waals surface area contributed by atoms with Gasteiger partial charge in [-0.3, -0.25) is 0 Å². The van der Waals surface area contributed by atoms with Gasteiger partial charge in [0.05, 0.1) is 0 Å². The molecule has 0 bridgehead atoms. The minimum Gasteiger partial charge on any atom is -0.0624 e. The van der Waals surface area contributed by atoms with E-state index in [1.54, 1.807) is 0 Å². The highest BCUT2D eigenvalue weighted by Crippen LogP contribution is 2.79. The first-order chi connectivity index (χ1) is 32.8. The van der Waals surface area contributed by atoms with Crippen LogP contribution in [0, 0.1) is 0 Å². The molecule has 1 aliphatic carbocycles. The molecule has 0 N–H and O–H groups in total. The summed E-state index contributed by atoms with van der Waals surface area (Å²) < 4.78 is 0. The van der Waals surface area contributed by atoms with Crippen molar-refractivity contribution in [2.75, 3.05) is 0 Å². The van der Waals surface area contributed by atoms with Gasteiger partial charge in [0.25, 0.3) is 0 Å². The van der Waals surface area contributed by atoms with Crippen LogP contribution >= 0.6 is 0 Å². The zero-order chi connectivity index (χ0) is 44.3. The number of hydrogen-bond acceptors (Lipinski definition) is 0. The number of benzene rings is 10. The van der Waals surface area contributed by atoms with Crippen LogP contribution in [0.4, 0.5) is 0 Å². The predicted octanol–water partition coefficient (Wildman–Crippen LogP) is 13.0. The van der Waals surface area contributed by atoms with Crippen LogP contribution in [-0.2, 0) is 21.3 Å². The summed E-state index contributed by atoms with van der Waals surface area (Å²) in [6, 6.07) is 117. The molecule has 0 aromatic heterocycles. The van der Waals surface area contributed by atoms with E-state index in [0.29, 0.717) is 0 Å². The third-order valence-corrected chi connectivity index (χ3v) is 21.0. The molecule has 11 rings (SSSR count). The molecule has 0 spiro atoms. The zero-order valence-corrected chi connectivity index (χ0v) is 38.1. The quantitative estimate of drug-likeness (QED) is 0.0898. The highest BCUT2D eigenvalue weighted by molar-refractivity contribution is 7.13. The van der Waals surface area contributed by atoms with Crippen molar-refractivity contribution >= 4 is 23.6 Å².